The molecule has 2 amide bonds. The standard InChI is InChI=1S/2C20H19FN4O2/c2*1-10-13(3-4-19(24-10)27-2)11-5-12-7-18(23-9-15(12)17(22)6-11)25-20(26)14-8-16(14)21/h2*3-7,9,14,16H,8,22H2,1-2H3,(H,23,25,26)/t2*14-,16+/m10/s1. The summed E-state index contributed by atoms with van der Waals surface area (Å²) >= 11 is 0. The van der Waals surface area contributed by atoms with Crippen LogP contribution in [0, 0.1) is 25.7 Å². The molecule has 14 heteroatoms. The maximum absolute atomic E-state index is 13.1. The zero-order valence-electron chi connectivity index (χ0n) is 30.0. The summed E-state index contributed by atoms with van der Waals surface area (Å²) in [6.45, 7) is 3.80. The molecule has 0 unspecified atom stereocenters. The Morgan fingerprint density at radius 1 is 0.667 bits per heavy atom. The molecule has 2 aliphatic carbocycles. The summed E-state index contributed by atoms with van der Waals surface area (Å²) in [5.74, 6) is 0.0533. The van der Waals surface area contributed by atoms with E-state index in [-0.39, 0.29) is 24.7 Å². The van der Waals surface area contributed by atoms with Crippen molar-refractivity contribution in [3.8, 4) is 34.0 Å². The number of fused-ring (bicyclic) bond motifs is 2. The van der Waals surface area contributed by atoms with E-state index in [2.05, 4.69) is 30.6 Å². The first kappa shape index (κ1) is 35.9. The van der Waals surface area contributed by atoms with E-state index in [1.807, 2.05) is 50.2 Å². The Balaban J connectivity index is 0.000000167. The van der Waals surface area contributed by atoms with Crippen molar-refractivity contribution in [3.63, 3.8) is 0 Å². The highest BCUT2D eigenvalue weighted by Gasteiger charge is 2.44. The SMILES string of the molecule is COc1ccc(-c2cc(N)c3cnc(NC(=O)[C@@H]4C[C@@H]4F)cc3c2)c(C)n1.COc1ccc(-c2cc(N)c3cnc(NC(=O)[C@H]4C[C@H]4F)cc3c2)c(C)n1. The van der Waals surface area contributed by atoms with Crippen molar-refractivity contribution in [1.82, 2.24) is 19.9 Å². The summed E-state index contributed by atoms with van der Waals surface area (Å²) in [7, 11) is 3.15. The molecule has 0 saturated heterocycles. The van der Waals surface area contributed by atoms with E-state index in [0.717, 1.165) is 55.2 Å². The van der Waals surface area contributed by atoms with Crippen molar-refractivity contribution in [2.75, 3.05) is 36.3 Å². The number of benzene rings is 2. The molecule has 2 fully saturated rings. The van der Waals surface area contributed by atoms with Gasteiger partial charge in [0.2, 0.25) is 23.6 Å². The lowest BCUT2D eigenvalue weighted by Crippen LogP contribution is -2.15. The predicted molar refractivity (Wildman–Crippen MR) is 205 cm³/mol. The number of carbonyl (C=O) groups excluding carboxylic acids is 2. The third kappa shape index (κ3) is 7.54. The van der Waals surface area contributed by atoms with Gasteiger partial charge in [-0.2, -0.15) is 0 Å². The van der Waals surface area contributed by atoms with Crippen LogP contribution in [-0.2, 0) is 9.59 Å². The number of ether oxygens (including phenoxy) is 2. The molecule has 8 rings (SSSR count). The number of nitrogens with two attached hydrogens (primary N) is 2. The fourth-order valence-electron chi connectivity index (χ4n) is 6.24. The van der Waals surface area contributed by atoms with Gasteiger partial charge < -0.3 is 31.6 Å². The second kappa shape index (κ2) is 14.5. The smallest absolute Gasteiger partial charge is 0.231 e. The second-order valence-corrected chi connectivity index (χ2v) is 13.4. The molecule has 0 spiro atoms. The zero-order chi connectivity index (χ0) is 38.3. The Hall–Kier alpha value is -6.44. The van der Waals surface area contributed by atoms with Crippen molar-refractivity contribution in [1.29, 1.82) is 0 Å². The van der Waals surface area contributed by atoms with Crippen molar-refractivity contribution in [2.45, 2.75) is 39.0 Å². The van der Waals surface area contributed by atoms with Crippen LogP contribution in [0.25, 0.3) is 43.8 Å². The van der Waals surface area contributed by atoms with Crippen LogP contribution < -0.4 is 31.6 Å². The first-order chi connectivity index (χ1) is 25.9. The molecule has 6 aromatic rings. The number of nitrogens with zero attached hydrogens (tertiary/aromatic N) is 4. The van der Waals surface area contributed by atoms with Crippen LogP contribution in [0.15, 0.2) is 73.1 Å². The topological polar surface area (TPSA) is 180 Å². The molecule has 2 aromatic carbocycles. The maximum atomic E-state index is 13.1. The summed E-state index contributed by atoms with van der Waals surface area (Å²) in [4.78, 5) is 41.1. The van der Waals surface area contributed by atoms with Gasteiger partial charge in [-0.3, -0.25) is 9.59 Å². The van der Waals surface area contributed by atoms with Gasteiger partial charge in [0.1, 0.15) is 24.0 Å². The number of carbonyl (C=O) groups is 2. The van der Waals surface area contributed by atoms with Crippen LogP contribution in [0.1, 0.15) is 24.2 Å². The van der Waals surface area contributed by atoms with Crippen LogP contribution >= 0.6 is 0 Å². The summed E-state index contributed by atoms with van der Waals surface area (Å²) in [5.41, 5.74) is 18.9. The first-order valence-electron chi connectivity index (χ1n) is 17.2. The number of alkyl halides is 2. The molecule has 12 nitrogen and oxygen atoms in total. The van der Waals surface area contributed by atoms with E-state index in [0.29, 0.717) is 34.8 Å². The van der Waals surface area contributed by atoms with Gasteiger partial charge in [0.25, 0.3) is 0 Å². The number of nitrogens with one attached hydrogen (secondary N) is 2. The molecule has 4 aromatic heterocycles. The Bertz CT molecular complexity index is 2280. The largest absolute Gasteiger partial charge is 0.481 e. The molecule has 0 aliphatic heterocycles. The van der Waals surface area contributed by atoms with Crippen LogP contribution in [-0.4, -0.2) is 58.3 Å². The van der Waals surface area contributed by atoms with Gasteiger partial charge in [0.05, 0.1) is 26.1 Å². The molecular weight excluding hydrogens is 694 g/mol. The summed E-state index contributed by atoms with van der Waals surface area (Å²) in [6.07, 6.45) is 1.70. The Morgan fingerprint density at radius 3 is 1.39 bits per heavy atom. The third-order valence-corrected chi connectivity index (χ3v) is 9.50. The van der Waals surface area contributed by atoms with Crippen molar-refractivity contribution in [2.24, 2.45) is 11.8 Å². The number of hydrogen-bond donors (Lipinski definition) is 4. The number of aryl methyl sites for hydroxylation is 2. The predicted octanol–water partition coefficient (Wildman–Crippen LogP) is 6.99. The number of rotatable bonds is 8. The molecule has 2 aliphatic rings. The van der Waals surface area contributed by atoms with E-state index in [9.17, 15) is 18.4 Å². The average molecular weight is 733 g/mol. The van der Waals surface area contributed by atoms with Crippen LogP contribution in [0.5, 0.6) is 11.8 Å². The summed E-state index contributed by atoms with van der Waals surface area (Å²) < 4.78 is 36.4. The lowest BCUT2D eigenvalue weighted by Gasteiger charge is -2.11. The maximum Gasteiger partial charge on any atom is 0.231 e. The molecule has 0 radical (unpaired) electrons. The normalized spacial score (nSPS) is 18.3. The van der Waals surface area contributed by atoms with E-state index in [1.165, 1.54) is 0 Å². The van der Waals surface area contributed by atoms with Gasteiger partial charge in [-0.1, -0.05) is 0 Å². The van der Waals surface area contributed by atoms with Gasteiger partial charge in [0, 0.05) is 69.2 Å². The molecular formula is C40H38F2N8O4. The number of anilines is 4. The van der Waals surface area contributed by atoms with E-state index in [4.69, 9.17) is 20.9 Å². The van der Waals surface area contributed by atoms with Gasteiger partial charge in [-0.05, 0) is 97.1 Å². The molecule has 0 bridgehead atoms. The number of methoxy groups -OCH3 is 2. The minimum absolute atomic E-state index is 0.278. The number of pyridine rings is 4. The molecule has 2 saturated carbocycles. The fraction of sp³-hybridized carbons (Fsp3) is 0.250. The lowest BCUT2D eigenvalue weighted by molar-refractivity contribution is -0.118. The van der Waals surface area contributed by atoms with Crippen LogP contribution in [0.2, 0.25) is 0 Å². The second-order valence-electron chi connectivity index (χ2n) is 13.4. The number of amides is 2. The number of nitrogen functional groups attached to an aromatic ring is 2. The quantitative estimate of drug-likeness (QED) is 0.119. The Labute approximate surface area is 309 Å². The number of hydrogen-bond acceptors (Lipinski definition) is 10. The van der Waals surface area contributed by atoms with Crippen LogP contribution in [0.4, 0.5) is 31.8 Å². The van der Waals surface area contributed by atoms with Gasteiger partial charge in [0.15, 0.2) is 0 Å². The van der Waals surface area contributed by atoms with E-state index in [1.54, 1.807) is 50.9 Å². The summed E-state index contributed by atoms with van der Waals surface area (Å²) in [6, 6.07) is 18.6. The molecule has 276 valence electrons. The van der Waals surface area contributed by atoms with Gasteiger partial charge in [-0.25, -0.2) is 28.7 Å². The molecule has 4 atom stereocenters. The Kier molecular flexibility index (Phi) is 9.67. The van der Waals surface area contributed by atoms with E-state index >= 15 is 0 Å². The highest BCUT2D eigenvalue weighted by Crippen LogP contribution is 2.37. The molecule has 4 heterocycles. The van der Waals surface area contributed by atoms with Gasteiger partial charge >= 0.3 is 0 Å². The highest BCUT2D eigenvalue weighted by molar-refractivity contribution is 6.01. The average Bonchev–Trinajstić information content (AvgIpc) is 4.08. The minimum Gasteiger partial charge on any atom is -0.481 e. The van der Waals surface area contributed by atoms with Crippen molar-refractivity contribution in [3.05, 3.63) is 84.4 Å². The monoisotopic (exact) mass is 732 g/mol. The van der Waals surface area contributed by atoms with Crippen molar-refractivity contribution < 1.29 is 27.8 Å². The Morgan fingerprint density at radius 2 is 1.06 bits per heavy atom. The summed E-state index contributed by atoms with van der Waals surface area (Å²) in [5, 5.41) is 8.57. The van der Waals surface area contributed by atoms with Crippen molar-refractivity contribution >= 4 is 56.4 Å². The number of halogens is 2. The first-order valence-corrected chi connectivity index (χ1v) is 17.2. The number of aromatic nitrogens is 4. The molecule has 54 heavy (non-hydrogen) atoms. The third-order valence-electron chi connectivity index (χ3n) is 9.50. The van der Waals surface area contributed by atoms with Gasteiger partial charge in [-0.15, -0.1) is 0 Å². The molecule has 6 N–H and O–H groups in total. The van der Waals surface area contributed by atoms with E-state index < -0.39 is 24.2 Å². The zero-order valence-corrected chi connectivity index (χ0v) is 30.0. The van der Waals surface area contributed by atoms with Crippen LogP contribution in [0.3, 0.4) is 0 Å². The minimum atomic E-state index is -1.04. The fourth-order valence-corrected chi connectivity index (χ4v) is 6.24. The lowest BCUT2D eigenvalue weighted by atomic mass is 10.00. The highest BCUT2D eigenvalue weighted by atomic mass is 19.1.